The van der Waals surface area contributed by atoms with Gasteiger partial charge in [-0.25, -0.2) is 9.78 Å². The summed E-state index contributed by atoms with van der Waals surface area (Å²) in [5.41, 5.74) is -0.0768. The van der Waals surface area contributed by atoms with Gasteiger partial charge in [0.2, 0.25) is 0 Å². The number of hydrogen-bond acceptors (Lipinski definition) is 5. The fraction of sp³-hybridized carbons (Fsp3) is 0.400. The van der Waals surface area contributed by atoms with Crippen molar-refractivity contribution in [3.8, 4) is 0 Å². The molecule has 0 aromatic carbocycles. The lowest BCUT2D eigenvalue weighted by molar-refractivity contribution is -0.389. The van der Waals surface area contributed by atoms with Crippen molar-refractivity contribution in [3.63, 3.8) is 0 Å². The number of carboxylic acids is 1. The second kappa shape index (κ2) is 4.69. The van der Waals surface area contributed by atoms with Gasteiger partial charge in [0.05, 0.1) is 6.10 Å². The molecule has 1 aliphatic heterocycles. The molecule has 19 heavy (non-hydrogen) atoms. The highest BCUT2D eigenvalue weighted by atomic mass is 16.6. The van der Waals surface area contributed by atoms with E-state index < -0.39 is 28.9 Å². The van der Waals surface area contributed by atoms with E-state index in [-0.39, 0.29) is 24.5 Å². The first-order valence-corrected chi connectivity index (χ1v) is 5.45. The Labute approximate surface area is 106 Å². The maximum Gasteiger partial charge on any atom is 0.326 e. The number of nitrogens with one attached hydrogen (secondary N) is 1. The summed E-state index contributed by atoms with van der Waals surface area (Å²) in [7, 11) is 0. The lowest BCUT2D eigenvalue weighted by atomic mass is 10.2. The molecule has 0 radical (unpaired) electrons. The zero-order valence-electron chi connectivity index (χ0n) is 9.65. The molecule has 3 N–H and O–H groups in total. The average Bonchev–Trinajstić information content (AvgIpc) is 2.94. The number of rotatable bonds is 3. The highest BCUT2D eigenvalue weighted by Gasteiger charge is 2.40. The van der Waals surface area contributed by atoms with Gasteiger partial charge >= 0.3 is 11.8 Å². The van der Waals surface area contributed by atoms with Crippen molar-refractivity contribution in [3.05, 3.63) is 27.9 Å². The van der Waals surface area contributed by atoms with Gasteiger partial charge in [-0.3, -0.25) is 4.79 Å². The van der Waals surface area contributed by atoms with E-state index in [0.29, 0.717) is 0 Å². The Balaban J connectivity index is 2.22. The number of carbonyl (C=O) groups excluding carboxylic acids is 1. The van der Waals surface area contributed by atoms with E-state index >= 15 is 0 Å². The van der Waals surface area contributed by atoms with Crippen LogP contribution >= 0.6 is 0 Å². The molecule has 9 nitrogen and oxygen atoms in total. The molecule has 9 heteroatoms. The van der Waals surface area contributed by atoms with Crippen molar-refractivity contribution in [2.24, 2.45) is 0 Å². The van der Waals surface area contributed by atoms with Crippen molar-refractivity contribution in [1.29, 1.82) is 0 Å². The van der Waals surface area contributed by atoms with Gasteiger partial charge in [0, 0.05) is 19.0 Å². The predicted octanol–water partition coefficient (Wildman–Crippen LogP) is -0.417. The Bertz CT molecular complexity index is 539. The molecule has 1 aromatic heterocycles. The van der Waals surface area contributed by atoms with Crippen LogP contribution in [0, 0.1) is 10.1 Å². The monoisotopic (exact) mass is 269 g/mol. The zero-order valence-corrected chi connectivity index (χ0v) is 9.65. The minimum atomic E-state index is -1.22. The molecule has 0 unspecified atom stereocenters. The third-order valence-electron chi connectivity index (χ3n) is 2.92. The third kappa shape index (κ3) is 2.40. The van der Waals surface area contributed by atoms with E-state index in [1.54, 1.807) is 0 Å². The number of aromatic amines is 1. The standard InChI is InChI=1S/C10H11N3O6/c14-5-3-7(10(16)17)12(4-5)9(15)6-1-2-8(11-6)13(18)19/h1-2,5,7,11,14H,3-4H2,(H,16,17)/t5-,7+/m1/s1. The first kappa shape index (κ1) is 13.0. The summed E-state index contributed by atoms with van der Waals surface area (Å²) in [6.45, 7) is -0.109. The van der Waals surface area contributed by atoms with Crippen molar-refractivity contribution < 1.29 is 24.7 Å². The number of amides is 1. The predicted molar refractivity (Wildman–Crippen MR) is 60.5 cm³/mol. The van der Waals surface area contributed by atoms with Gasteiger partial charge in [0.1, 0.15) is 6.04 Å². The smallest absolute Gasteiger partial charge is 0.326 e. The molecule has 1 amide bonds. The number of nitrogens with zero attached hydrogens (tertiary/aromatic N) is 2. The Kier molecular flexibility index (Phi) is 3.21. The van der Waals surface area contributed by atoms with Gasteiger partial charge in [-0.2, -0.15) is 0 Å². The van der Waals surface area contributed by atoms with Crippen LogP contribution < -0.4 is 0 Å². The van der Waals surface area contributed by atoms with Crippen molar-refractivity contribution in [2.45, 2.75) is 18.6 Å². The lowest BCUT2D eigenvalue weighted by Crippen LogP contribution is -2.40. The minimum Gasteiger partial charge on any atom is -0.480 e. The molecule has 1 aromatic rings. The van der Waals surface area contributed by atoms with Gasteiger partial charge in [-0.15, -0.1) is 0 Å². The molecule has 0 spiro atoms. The van der Waals surface area contributed by atoms with E-state index in [4.69, 9.17) is 5.11 Å². The molecule has 102 valence electrons. The molecular formula is C10H11N3O6. The largest absolute Gasteiger partial charge is 0.480 e. The van der Waals surface area contributed by atoms with Crippen LogP contribution in [0.5, 0.6) is 0 Å². The van der Waals surface area contributed by atoms with Crippen LogP contribution in [0.25, 0.3) is 0 Å². The first-order chi connectivity index (χ1) is 8.90. The number of hydrogen-bond donors (Lipinski definition) is 3. The van der Waals surface area contributed by atoms with Crippen molar-refractivity contribution >= 4 is 17.7 Å². The summed E-state index contributed by atoms with van der Waals surface area (Å²) < 4.78 is 0. The second-order valence-corrected chi connectivity index (χ2v) is 4.22. The summed E-state index contributed by atoms with van der Waals surface area (Å²) in [6, 6.07) is 1.21. The molecule has 0 aliphatic carbocycles. The molecule has 1 fully saturated rings. The van der Waals surface area contributed by atoms with Crippen LogP contribution in [0.3, 0.4) is 0 Å². The maximum atomic E-state index is 12.0. The Hall–Kier alpha value is -2.42. The van der Waals surface area contributed by atoms with Crippen LogP contribution in [0.15, 0.2) is 12.1 Å². The van der Waals surface area contributed by atoms with Gasteiger partial charge < -0.3 is 25.2 Å². The number of aliphatic hydroxyl groups excluding tert-OH is 1. The quantitative estimate of drug-likeness (QED) is 0.503. The van der Waals surface area contributed by atoms with E-state index in [1.807, 2.05) is 0 Å². The number of H-pyrrole nitrogens is 1. The molecule has 0 bridgehead atoms. The summed E-state index contributed by atoms with van der Waals surface area (Å²) in [4.78, 5) is 36.1. The molecular weight excluding hydrogens is 258 g/mol. The summed E-state index contributed by atoms with van der Waals surface area (Å²) in [5.74, 6) is -2.25. The number of aliphatic carboxylic acids is 1. The SMILES string of the molecule is O=C(O)[C@@H]1C[C@@H](O)CN1C(=O)c1ccc([N+](=O)[O-])[nH]1. The number of aromatic nitrogens is 1. The Morgan fingerprint density at radius 2 is 2.16 bits per heavy atom. The molecule has 0 saturated carbocycles. The number of carbonyl (C=O) groups is 2. The first-order valence-electron chi connectivity index (χ1n) is 5.45. The highest BCUT2D eigenvalue weighted by molar-refractivity contribution is 5.96. The van der Waals surface area contributed by atoms with Crippen LogP contribution in [-0.4, -0.2) is 55.6 Å². The number of carboxylic acid groups (broad SMARTS) is 1. The van der Waals surface area contributed by atoms with E-state index in [2.05, 4.69) is 4.98 Å². The molecule has 2 atom stereocenters. The normalized spacial score (nSPS) is 22.5. The summed E-state index contributed by atoms with van der Waals surface area (Å²) in [5, 5.41) is 28.9. The number of β-amino-alcohol motifs (C(OH)–C–C–N with tert-alkyl or cyclic N) is 1. The molecule has 2 rings (SSSR count). The van der Waals surface area contributed by atoms with E-state index in [1.165, 1.54) is 6.07 Å². The van der Waals surface area contributed by atoms with Gasteiger partial charge in [-0.05, 0) is 11.0 Å². The summed E-state index contributed by atoms with van der Waals surface area (Å²) >= 11 is 0. The average molecular weight is 269 g/mol. The van der Waals surface area contributed by atoms with Gasteiger partial charge in [-0.1, -0.05) is 0 Å². The maximum absolute atomic E-state index is 12.0. The Morgan fingerprint density at radius 3 is 2.68 bits per heavy atom. The van der Waals surface area contributed by atoms with Gasteiger partial charge in [0.15, 0.2) is 5.69 Å². The Morgan fingerprint density at radius 1 is 1.47 bits per heavy atom. The number of likely N-dealkylation sites (tertiary alicyclic amines) is 1. The number of nitro groups is 1. The fourth-order valence-electron chi connectivity index (χ4n) is 2.04. The van der Waals surface area contributed by atoms with Crippen LogP contribution in [0.4, 0.5) is 5.82 Å². The van der Waals surface area contributed by atoms with E-state index in [0.717, 1.165) is 11.0 Å². The molecule has 1 saturated heterocycles. The van der Waals surface area contributed by atoms with Gasteiger partial charge in [0.25, 0.3) is 5.91 Å². The van der Waals surface area contributed by atoms with Crippen LogP contribution in [0.2, 0.25) is 0 Å². The summed E-state index contributed by atoms with van der Waals surface area (Å²) in [6.07, 6.45) is -0.959. The van der Waals surface area contributed by atoms with Crippen molar-refractivity contribution in [1.82, 2.24) is 9.88 Å². The highest BCUT2D eigenvalue weighted by Crippen LogP contribution is 2.21. The topological polar surface area (TPSA) is 137 Å². The third-order valence-corrected chi connectivity index (χ3v) is 2.92. The molecule has 2 heterocycles. The van der Waals surface area contributed by atoms with Crippen LogP contribution in [0.1, 0.15) is 16.9 Å². The zero-order chi connectivity index (χ0) is 14.2. The van der Waals surface area contributed by atoms with Crippen molar-refractivity contribution in [2.75, 3.05) is 6.54 Å². The van der Waals surface area contributed by atoms with Crippen LogP contribution in [-0.2, 0) is 4.79 Å². The fourth-order valence-corrected chi connectivity index (χ4v) is 2.04. The minimum absolute atomic E-state index is 0.0517. The van der Waals surface area contributed by atoms with E-state index in [9.17, 15) is 24.8 Å². The second-order valence-electron chi connectivity index (χ2n) is 4.22. The molecule has 1 aliphatic rings. The number of aliphatic hydroxyl groups is 1. The lowest BCUT2D eigenvalue weighted by Gasteiger charge is -2.19.